The first kappa shape index (κ1) is 11.5. The van der Waals surface area contributed by atoms with Gasteiger partial charge in [0.15, 0.2) is 0 Å². The molecule has 1 N–H and O–H groups in total. The summed E-state index contributed by atoms with van der Waals surface area (Å²) >= 11 is 0. The quantitative estimate of drug-likeness (QED) is 0.708. The van der Waals surface area contributed by atoms with Gasteiger partial charge in [0.25, 0.3) is 0 Å². The Morgan fingerprint density at radius 3 is 2.64 bits per heavy atom. The summed E-state index contributed by atoms with van der Waals surface area (Å²) in [6, 6.07) is 0. The van der Waals surface area contributed by atoms with Gasteiger partial charge in [-0.05, 0) is 13.3 Å². The third-order valence-electron chi connectivity index (χ3n) is 2.70. The molecule has 0 aromatic rings. The van der Waals surface area contributed by atoms with Crippen LogP contribution in [0.2, 0.25) is 0 Å². The van der Waals surface area contributed by atoms with Gasteiger partial charge in [-0.2, -0.15) is 0 Å². The lowest BCUT2D eigenvalue weighted by Gasteiger charge is -2.36. The number of aliphatic hydroxyl groups excluding tert-OH is 1. The summed E-state index contributed by atoms with van der Waals surface area (Å²) in [7, 11) is 0. The molecule has 1 unspecified atom stereocenters. The third kappa shape index (κ3) is 2.69. The van der Waals surface area contributed by atoms with Crippen LogP contribution in [0.25, 0.3) is 0 Å². The average molecular weight is 200 g/mol. The summed E-state index contributed by atoms with van der Waals surface area (Å²) in [6.07, 6.45) is 1.26. The Bertz CT molecular complexity index is 197. The fraction of sp³-hybridized carbons (Fsp3) is 0.900. The van der Waals surface area contributed by atoms with Crippen LogP contribution in [0.4, 0.5) is 0 Å². The molecule has 4 nitrogen and oxygen atoms in total. The lowest BCUT2D eigenvalue weighted by molar-refractivity contribution is -0.141. The molecule has 4 heteroatoms. The van der Waals surface area contributed by atoms with E-state index < -0.39 is 6.23 Å². The molecule has 0 saturated carbocycles. The number of nitrogens with zero attached hydrogens (tertiary/aromatic N) is 2. The highest BCUT2D eigenvalue weighted by Gasteiger charge is 2.26. The summed E-state index contributed by atoms with van der Waals surface area (Å²) < 4.78 is 0. The Morgan fingerprint density at radius 2 is 2.14 bits per heavy atom. The maximum Gasteiger partial charge on any atom is 0.236 e. The number of amides is 1. The normalized spacial score (nSPS) is 21.4. The highest BCUT2D eigenvalue weighted by atomic mass is 16.3. The van der Waals surface area contributed by atoms with E-state index in [1.165, 1.54) is 0 Å². The molecule has 1 aliphatic rings. The molecule has 82 valence electrons. The van der Waals surface area contributed by atoms with Gasteiger partial charge in [0, 0.05) is 19.6 Å². The Morgan fingerprint density at radius 1 is 1.43 bits per heavy atom. The van der Waals surface area contributed by atoms with Crippen LogP contribution in [-0.2, 0) is 4.79 Å². The van der Waals surface area contributed by atoms with Crippen molar-refractivity contribution in [3.05, 3.63) is 0 Å². The van der Waals surface area contributed by atoms with Gasteiger partial charge in [0.2, 0.25) is 5.91 Å². The zero-order valence-corrected chi connectivity index (χ0v) is 9.07. The van der Waals surface area contributed by atoms with Crippen LogP contribution in [0.1, 0.15) is 26.7 Å². The molecule has 0 aromatic carbocycles. The van der Waals surface area contributed by atoms with Crippen molar-refractivity contribution in [3.8, 4) is 0 Å². The van der Waals surface area contributed by atoms with Crippen molar-refractivity contribution in [1.82, 2.24) is 9.80 Å². The third-order valence-corrected chi connectivity index (χ3v) is 2.70. The molecule has 0 aliphatic carbocycles. The monoisotopic (exact) mass is 200 g/mol. The largest absolute Gasteiger partial charge is 0.378 e. The standard InChI is InChI=1S/C10H20N2O2/c1-3-5-9(13)12-7-6-11(4-2)10(14)8-12/h9,13H,3-8H2,1-2H3. The SMILES string of the molecule is CCCC(O)N1CCN(CC)C(=O)C1. The van der Waals surface area contributed by atoms with Crippen molar-refractivity contribution in [1.29, 1.82) is 0 Å². The number of piperazine rings is 1. The Labute approximate surface area is 85.5 Å². The van der Waals surface area contributed by atoms with Gasteiger partial charge < -0.3 is 10.0 Å². The predicted octanol–water partition coefficient (Wildman–Crippen LogP) is 0.269. The van der Waals surface area contributed by atoms with Crippen molar-refractivity contribution in [2.75, 3.05) is 26.2 Å². The molecule has 1 rings (SSSR count). The first-order valence-electron chi connectivity index (χ1n) is 5.39. The second-order valence-corrected chi connectivity index (χ2v) is 3.71. The van der Waals surface area contributed by atoms with E-state index in [0.717, 1.165) is 32.5 Å². The zero-order chi connectivity index (χ0) is 10.6. The van der Waals surface area contributed by atoms with Crippen molar-refractivity contribution < 1.29 is 9.90 Å². The Balaban J connectivity index is 2.41. The number of carbonyl (C=O) groups is 1. The minimum atomic E-state index is -0.442. The van der Waals surface area contributed by atoms with Gasteiger partial charge in [0.05, 0.1) is 6.54 Å². The number of aliphatic hydroxyl groups is 1. The first-order chi connectivity index (χ1) is 6.69. The average Bonchev–Trinajstić information content (AvgIpc) is 2.18. The van der Waals surface area contributed by atoms with Gasteiger partial charge >= 0.3 is 0 Å². The molecule has 1 amide bonds. The fourth-order valence-electron chi connectivity index (χ4n) is 1.76. The minimum absolute atomic E-state index is 0.133. The van der Waals surface area contributed by atoms with Crippen LogP contribution in [0.15, 0.2) is 0 Å². The highest BCUT2D eigenvalue weighted by molar-refractivity contribution is 5.78. The van der Waals surface area contributed by atoms with Gasteiger partial charge in [-0.25, -0.2) is 0 Å². The van der Waals surface area contributed by atoms with Gasteiger partial charge in [0.1, 0.15) is 6.23 Å². The van der Waals surface area contributed by atoms with Crippen LogP contribution in [0.3, 0.4) is 0 Å². The highest BCUT2D eigenvalue weighted by Crippen LogP contribution is 2.09. The van der Waals surface area contributed by atoms with Crippen molar-refractivity contribution in [2.24, 2.45) is 0 Å². The van der Waals surface area contributed by atoms with E-state index >= 15 is 0 Å². The molecule has 14 heavy (non-hydrogen) atoms. The van der Waals surface area contributed by atoms with Crippen molar-refractivity contribution in [2.45, 2.75) is 32.9 Å². The molecule has 1 atom stereocenters. The Hall–Kier alpha value is -0.610. The van der Waals surface area contributed by atoms with Crippen LogP contribution in [0.5, 0.6) is 0 Å². The molecule has 0 bridgehead atoms. The second kappa shape index (κ2) is 5.32. The predicted molar refractivity (Wildman–Crippen MR) is 54.7 cm³/mol. The minimum Gasteiger partial charge on any atom is -0.378 e. The molecule has 1 heterocycles. The van der Waals surface area contributed by atoms with Crippen molar-refractivity contribution >= 4 is 5.91 Å². The molecule has 0 radical (unpaired) electrons. The van der Waals surface area contributed by atoms with Crippen LogP contribution in [-0.4, -0.2) is 53.2 Å². The number of hydrogen-bond donors (Lipinski definition) is 1. The maximum absolute atomic E-state index is 11.5. The molecular formula is C10H20N2O2. The number of hydrogen-bond acceptors (Lipinski definition) is 3. The number of carbonyl (C=O) groups excluding carboxylic acids is 1. The smallest absolute Gasteiger partial charge is 0.236 e. The van der Waals surface area contributed by atoms with Crippen LogP contribution >= 0.6 is 0 Å². The summed E-state index contributed by atoms with van der Waals surface area (Å²) in [5, 5.41) is 9.71. The number of rotatable bonds is 4. The fourth-order valence-corrected chi connectivity index (χ4v) is 1.76. The van der Waals surface area contributed by atoms with E-state index in [4.69, 9.17) is 0 Å². The van der Waals surface area contributed by atoms with Crippen LogP contribution in [0, 0.1) is 0 Å². The summed E-state index contributed by atoms with van der Waals surface area (Å²) in [5.74, 6) is 0.133. The topological polar surface area (TPSA) is 43.8 Å². The van der Waals surface area contributed by atoms with Gasteiger partial charge in [-0.1, -0.05) is 13.3 Å². The summed E-state index contributed by atoms with van der Waals surface area (Å²) in [5.41, 5.74) is 0. The second-order valence-electron chi connectivity index (χ2n) is 3.71. The van der Waals surface area contributed by atoms with Gasteiger partial charge in [-0.3, -0.25) is 9.69 Å². The Kier molecular flexibility index (Phi) is 4.35. The van der Waals surface area contributed by atoms with Gasteiger partial charge in [-0.15, -0.1) is 0 Å². The molecule has 1 fully saturated rings. The summed E-state index contributed by atoms with van der Waals surface area (Å²) in [4.78, 5) is 15.2. The lowest BCUT2D eigenvalue weighted by atomic mass is 10.2. The summed E-state index contributed by atoms with van der Waals surface area (Å²) in [6.45, 7) is 6.70. The van der Waals surface area contributed by atoms with E-state index in [1.54, 1.807) is 0 Å². The van der Waals surface area contributed by atoms with E-state index in [-0.39, 0.29) is 5.91 Å². The lowest BCUT2D eigenvalue weighted by Crippen LogP contribution is -2.53. The van der Waals surface area contributed by atoms with Crippen molar-refractivity contribution in [3.63, 3.8) is 0 Å². The molecule has 0 spiro atoms. The van der Waals surface area contributed by atoms with Crippen LogP contribution < -0.4 is 0 Å². The van der Waals surface area contributed by atoms with E-state index in [2.05, 4.69) is 0 Å². The van der Waals surface area contributed by atoms with E-state index in [1.807, 2.05) is 23.6 Å². The number of likely N-dealkylation sites (N-methyl/N-ethyl adjacent to an activating group) is 1. The molecular weight excluding hydrogens is 180 g/mol. The molecule has 1 saturated heterocycles. The first-order valence-corrected chi connectivity index (χ1v) is 5.39. The maximum atomic E-state index is 11.5. The van der Waals surface area contributed by atoms with E-state index in [0.29, 0.717) is 6.54 Å². The molecule has 0 aromatic heterocycles. The van der Waals surface area contributed by atoms with E-state index in [9.17, 15) is 9.90 Å². The zero-order valence-electron chi connectivity index (χ0n) is 9.07. The molecule has 1 aliphatic heterocycles.